The summed E-state index contributed by atoms with van der Waals surface area (Å²) in [5.41, 5.74) is 4.13. The maximum Gasteiger partial charge on any atom is 0.240 e. The summed E-state index contributed by atoms with van der Waals surface area (Å²) in [6.45, 7) is 1.95. The fourth-order valence-electron chi connectivity index (χ4n) is 2.07. The lowest BCUT2D eigenvalue weighted by Gasteiger charge is -2.16. The quantitative estimate of drug-likeness (QED) is 0.864. The number of ether oxygens (including phenoxy) is 1. The van der Waals surface area contributed by atoms with Crippen LogP contribution in [0.2, 0.25) is 0 Å². The molecule has 1 amide bonds. The second-order valence-corrected chi connectivity index (χ2v) is 6.22. The molecule has 1 aromatic rings. The molecular weight excluding hydrogens is 288 g/mol. The summed E-state index contributed by atoms with van der Waals surface area (Å²) in [7, 11) is 1.58. The molecule has 0 saturated carbocycles. The average molecular weight is 306 g/mol. The van der Waals surface area contributed by atoms with Gasteiger partial charge in [0.25, 0.3) is 0 Å². The van der Waals surface area contributed by atoms with Crippen LogP contribution in [0.15, 0.2) is 34.3 Å². The highest BCUT2D eigenvalue weighted by atomic mass is 32.2. The van der Waals surface area contributed by atoms with Crippen LogP contribution in [0.1, 0.15) is 18.9 Å². The lowest BCUT2D eigenvalue weighted by Crippen LogP contribution is -2.30. The molecule has 0 radical (unpaired) electrons. The Hall–Kier alpha value is -1.79. The van der Waals surface area contributed by atoms with Gasteiger partial charge in [-0.05, 0) is 35.5 Å². The number of allylic oxidation sites excluding steroid dienone is 1. The molecule has 1 aliphatic rings. The SMILES string of the molecule is COc1ccc(C=CC2=NNC(=O)CC2C)c([S+](C)[O-])c1. The molecule has 0 fully saturated rings. The van der Waals surface area contributed by atoms with Crippen molar-refractivity contribution in [3.05, 3.63) is 29.8 Å². The van der Waals surface area contributed by atoms with E-state index in [0.29, 0.717) is 17.1 Å². The molecule has 21 heavy (non-hydrogen) atoms. The molecule has 1 N–H and O–H groups in total. The minimum atomic E-state index is -1.11. The van der Waals surface area contributed by atoms with Gasteiger partial charge in [-0.3, -0.25) is 4.79 Å². The summed E-state index contributed by atoms with van der Waals surface area (Å²) in [4.78, 5) is 11.9. The first-order valence-corrected chi connectivity index (χ1v) is 8.13. The molecule has 0 bridgehead atoms. The third kappa shape index (κ3) is 3.86. The molecule has 0 aromatic heterocycles. The number of methoxy groups -OCH3 is 1. The van der Waals surface area contributed by atoms with Crippen molar-refractivity contribution >= 4 is 28.9 Å². The van der Waals surface area contributed by atoms with E-state index in [1.54, 1.807) is 19.4 Å². The molecule has 1 aromatic carbocycles. The first-order chi connectivity index (χ1) is 10.0. The van der Waals surface area contributed by atoms with Crippen LogP contribution in [-0.4, -0.2) is 29.5 Å². The molecule has 2 unspecified atom stereocenters. The maximum atomic E-state index is 11.8. The van der Waals surface area contributed by atoms with Crippen LogP contribution < -0.4 is 10.2 Å². The number of amides is 1. The molecule has 0 aliphatic carbocycles. The standard InChI is InChI=1S/C15H18N2O3S/c1-10-8-15(18)17-16-13(10)7-5-11-4-6-12(20-2)9-14(11)21(3)19/h4-7,9-10H,8H2,1-3H3,(H,17,18). The van der Waals surface area contributed by atoms with Crippen LogP contribution in [0, 0.1) is 5.92 Å². The van der Waals surface area contributed by atoms with Crippen molar-refractivity contribution in [1.29, 1.82) is 0 Å². The van der Waals surface area contributed by atoms with Gasteiger partial charge in [-0.25, -0.2) is 5.43 Å². The van der Waals surface area contributed by atoms with Gasteiger partial charge < -0.3 is 9.29 Å². The zero-order chi connectivity index (χ0) is 15.4. The average Bonchev–Trinajstić information content (AvgIpc) is 2.46. The van der Waals surface area contributed by atoms with E-state index in [2.05, 4.69) is 10.5 Å². The largest absolute Gasteiger partial charge is 0.612 e. The van der Waals surface area contributed by atoms with E-state index in [1.165, 1.54) is 0 Å². The number of carbonyl (C=O) groups is 1. The van der Waals surface area contributed by atoms with E-state index in [0.717, 1.165) is 11.3 Å². The van der Waals surface area contributed by atoms with Crippen LogP contribution in [0.3, 0.4) is 0 Å². The summed E-state index contributed by atoms with van der Waals surface area (Å²) >= 11 is -1.11. The van der Waals surface area contributed by atoms with Crippen LogP contribution >= 0.6 is 0 Å². The monoisotopic (exact) mass is 306 g/mol. The highest BCUT2D eigenvalue weighted by molar-refractivity contribution is 7.90. The zero-order valence-corrected chi connectivity index (χ0v) is 13.1. The highest BCUT2D eigenvalue weighted by Crippen LogP contribution is 2.23. The minimum absolute atomic E-state index is 0.0700. The highest BCUT2D eigenvalue weighted by Gasteiger charge is 2.18. The predicted octanol–water partition coefficient (Wildman–Crippen LogP) is 1.96. The van der Waals surface area contributed by atoms with E-state index in [9.17, 15) is 9.35 Å². The van der Waals surface area contributed by atoms with Gasteiger partial charge in [0.15, 0.2) is 4.90 Å². The van der Waals surface area contributed by atoms with E-state index in [1.807, 2.05) is 31.2 Å². The molecule has 0 saturated heterocycles. The smallest absolute Gasteiger partial charge is 0.240 e. The summed E-state index contributed by atoms with van der Waals surface area (Å²) in [5.74, 6) is 0.677. The Morgan fingerprint density at radius 2 is 2.24 bits per heavy atom. The Morgan fingerprint density at radius 1 is 1.48 bits per heavy atom. The first-order valence-electron chi connectivity index (χ1n) is 6.57. The minimum Gasteiger partial charge on any atom is -0.612 e. The normalized spacial score (nSPS) is 20.1. The van der Waals surface area contributed by atoms with Crippen LogP contribution in [0.25, 0.3) is 6.08 Å². The van der Waals surface area contributed by atoms with E-state index >= 15 is 0 Å². The Bertz CT molecular complexity index is 597. The Labute approximate surface area is 127 Å². The summed E-state index contributed by atoms with van der Waals surface area (Å²) in [5, 5.41) is 4.04. The predicted molar refractivity (Wildman–Crippen MR) is 83.7 cm³/mol. The van der Waals surface area contributed by atoms with Gasteiger partial charge in [0.2, 0.25) is 5.91 Å². The number of rotatable bonds is 4. The Balaban J connectivity index is 2.26. The zero-order valence-electron chi connectivity index (χ0n) is 12.3. The molecule has 2 rings (SSSR count). The molecule has 2 atom stereocenters. The number of benzene rings is 1. The van der Waals surface area contributed by atoms with Gasteiger partial charge >= 0.3 is 0 Å². The van der Waals surface area contributed by atoms with Gasteiger partial charge in [0, 0.05) is 24.0 Å². The van der Waals surface area contributed by atoms with Crippen LogP contribution in [0.5, 0.6) is 5.75 Å². The van der Waals surface area contributed by atoms with Gasteiger partial charge in [0.1, 0.15) is 12.0 Å². The van der Waals surface area contributed by atoms with Gasteiger partial charge in [0.05, 0.1) is 12.8 Å². The maximum absolute atomic E-state index is 11.8. The Kier molecular flexibility index (Phi) is 5.03. The fraction of sp³-hybridized carbons (Fsp3) is 0.333. The van der Waals surface area contributed by atoms with Gasteiger partial charge in [-0.2, -0.15) is 5.10 Å². The third-order valence-corrected chi connectivity index (χ3v) is 4.24. The van der Waals surface area contributed by atoms with Crippen LogP contribution in [-0.2, 0) is 16.0 Å². The molecule has 1 aliphatic heterocycles. The molecule has 0 spiro atoms. The second kappa shape index (κ2) is 6.78. The second-order valence-electron chi connectivity index (χ2n) is 4.87. The lowest BCUT2D eigenvalue weighted by molar-refractivity contribution is -0.121. The molecule has 5 nitrogen and oxygen atoms in total. The number of hydrazone groups is 1. The molecule has 112 valence electrons. The van der Waals surface area contributed by atoms with Gasteiger partial charge in [-0.15, -0.1) is 0 Å². The number of nitrogens with zero attached hydrogens (tertiary/aromatic N) is 1. The molecule has 1 heterocycles. The van der Waals surface area contributed by atoms with E-state index < -0.39 is 11.2 Å². The van der Waals surface area contributed by atoms with Gasteiger partial charge in [-0.1, -0.05) is 6.92 Å². The van der Waals surface area contributed by atoms with Crippen molar-refractivity contribution in [3.8, 4) is 5.75 Å². The van der Waals surface area contributed by atoms with E-state index in [4.69, 9.17) is 4.74 Å². The number of hydrogen-bond acceptors (Lipinski definition) is 4. The number of carbonyl (C=O) groups excluding carboxylic acids is 1. The third-order valence-electron chi connectivity index (χ3n) is 3.27. The van der Waals surface area contributed by atoms with Crippen molar-refractivity contribution < 1.29 is 14.1 Å². The van der Waals surface area contributed by atoms with Crippen LogP contribution in [0.4, 0.5) is 0 Å². The van der Waals surface area contributed by atoms with Crippen molar-refractivity contribution in [3.63, 3.8) is 0 Å². The van der Waals surface area contributed by atoms with Crippen molar-refractivity contribution in [2.45, 2.75) is 18.2 Å². The number of nitrogens with one attached hydrogen (secondary N) is 1. The summed E-state index contributed by atoms with van der Waals surface area (Å²) in [6, 6.07) is 5.45. The Morgan fingerprint density at radius 3 is 2.86 bits per heavy atom. The first kappa shape index (κ1) is 15.6. The van der Waals surface area contributed by atoms with Crippen molar-refractivity contribution in [1.82, 2.24) is 5.43 Å². The number of hydrogen-bond donors (Lipinski definition) is 1. The lowest BCUT2D eigenvalue weighted by atomic mass is 9.99. The summed E-state index contributed by atoms with van der Waals surface area (Å²) in [6.07, 6.45) is 5.77. The van der Waals surface area contributed by atoms with E-state index in [-0.39, 0.29) is 11.8 Å². The summed E-state index contributed by atoms with van der Waals surface area (Å²) < 4.78 is 17.0. The fourth-order valence-corrected chi connectivity index (χ4v) is 2.82. The molecule has 6 heteroatoms. The van der Waals surface area contributed by atoms with Crippen molar-refractivity contribution in [2.24, 2.45) is 11.0 Å². The molecular formula is C15H18N2O3S. The topological polar surface area (TPSA) is 73.8 Å². The van der Waals surface area contributed by atoms with Crippen molar-refractivity contribution in [2.75, 3.05) is 13.4 Å².